The fourth-order valence-corrected chi connectivity index (χ4v) is 7.36. The summed E-state index contributed by atoms with van der Waals surface area (Å²) in [5.41, 5.74) is 0.415. The molecule has 0 aromatic heterocycles. The van der Waals surface area contributed by atoms with E-state index in [9.17, 15) is 9.90 Å². The lowest BCUT2D eigenvalue weighted by molar-refractivity contribution is -0.148. The van der Waals surface area contributed by atoms with Gasteiger partial charge in [0.1, 0.15) is 5.78 Å². The summed E-state index contributed by atoms with van der Waals surface area (Å²) in [6, 6.07) is 0. The number of hydrogen-bond acceptors (Lipinski definition) is 2. The minimum absolute atomic E-state index is 0.00413. The number of Topliss-reactive ketones (excluding diaryl/α,β-unsaturated/α-hetero) is 1. The van der Waals surface area contributed by atoms with Gasteiger partial charge in [-0.1, -0.05) is 20.8 Å². The second-order valence-corrected chi connectivity index (χ2v) is 9.56. The number of carbonyl (C=O) groups excluding carboxylic acids is 1. The van der Waals surface area contributed by atoms with Crippen molar-refractivity contribution in [3.63, 3.8) is 0 Å². The lowest BCUT2D eigenvalue weighted by atomic mass is 9.44. The molecule has 124 valence electrons. The van der Waals surface area contributed by atoms with Crippen LogP contribution in [0.25, 0.3) is 0 Å². The molecule has 4 aliphatic carbocycles. The van der Waals surface area contributed by atoms with Crippen LogP contribution in [0.2, 0.25) is 0 Å². The van der Waals surface area contributed by atoms with Crippen LogP contribution in [0.1, 0.15) is 72.1 Å². The molecular weight excluding hydrogens is 272 g/mol. The molecule has 8 atom stereocenters. The Morgan fingerprint density at radius 2 is 1.86 bits per heavy atom. The Kier molecular flexibility index (Phi) is 3.32. The fourth-order valence-electron chi connectivity index (χ4n) is 7.36. The SMILES string of the molecule is C[C@H]1C[C@@]2(C)[C@@H](CC[C@@H]3[C@@H]2CC[C@]2(C)C(=O)CC[C@@H]32)C[C@@H]1O. The Morgan fingerprint density at radius 1 is 1.09 bits per heavy atom. The summed E-state index contributed by atoms with van der Waals surface area (Å²) in [7, 11) is 0. The molecule has 0 bridgehead atoms. The van der Waals surface area contributed by atoms with Crippen molar-refractivity contribution in [2.45, 2.75) is 78.2 Å². The molecule has 4 fully saturated rings. The molecule has 4 saturated carbocycles. The van der Waals surface area contributed by atoms with Crippen molar-refractivity contribution >= 4 is 5.78 Å². The van der Waals surface area contributed by atoms with Crippen LogP contribution in [0.5, 0.6) is 0 Å². The second-order valence-electron chi connectivity index (χ2n) is 9.56. The molecule has 0 aliphatic heterocycles. The largest absolute Gasteiger partial charge is 0.393 e. The highest BCUT2D eigenvalue weighted by Crippen LogP contribution is 2.65. The first kappa shape index (κ1) is 15.2. The Morgan fingerprint density at radius 3 is 2.64 bits per heavy atom. The third-order valence-electron chi connectivity index (χ3n) is 8.72. The van der Waals surface area contributed by atoms with Gasteiger partial charge in [0.05, 0.1) is 6.10 Å². The average molecular weight is 304 g/mol. The van der Waals surface area contributed by atoms with E-state index in [0.29, 0.717) is 29.0 Å². The number of ketones is 1. The zero-order valence-corrected chi connectivity index (χ0v) is 14.5. The van der Waals surface area contributed by atoms with Gasteiger partial charge >= 0.3 is 0 Å². The summed E-state index contributed by atoms with van der Waals surface area (Å²) in [4.78, 5) is 12.4. The first-order valence-electron chi connectivity index (χ1n) is 9.57. The van der Waals surface area contributed by atoms with E-state index in [1.807, 2.05) is 0 Å². The normalized spacial score (nSPS) is 57.9. The van der Waals surface area contributed by atoms with Gasteiger partial charge in [0.25, 0.3) is 0 Å². The van der Waals surface area contributed by atoms with Gasteiger partial charge in [0.2, 0.25) is 0 Å². The van der Waals surface area contributed by atoms with E-state index in [1.54, 1.807) is 0 Å². The molecule has 4 rings (SSSR count). The average Bonchev–Trinajstić information content (AvgIpc) is 2.77. The van der Waals surface area contributed by atoms with E-state index in [0.717, 1.165) is 37.5 Å². The van der Waals surface area contributed by atoms with Crippen molar-refractivity contribution in [2.75, 3.05) is 0 Å². The smallest absolute Gasteiger partial charge is 0.139 e. The molecular formula is C20H32O2. The zero-order valence-electron chi connectivity index (χ0n) is 14.5. The van der Waals surface area contributed by atoms with Gasteiger partial charge < -0.3 is 5.11 Å². The molecule has 22 heavy (non-hydrogen) atoms. The van der Waals surface area contributed by atoms with Crippen LogP contribution in [-0.2, 0) is 4.79 Å². The highest BCUT2D eigenvalue weighted by atomic mass is 16.3. The van der Waals surface area contributed by atoms with Crippen molar-refractivity contribution in [3.05, 3.63) is 0 Å². The van der Waals surface area contributed by atoms with E-state index in [4.69, 9.17) is 0 Å². The van der Waals surface area contributed by atoms with E-state index >= 15 is 0 Å². The predicted octanol–water partition coefficient (Wildman–Crippen LogP) is 4.21. The van der Waals surface area contributed by atoms with E-state index in [-0.39, 0.29) is 11.5 Å². The molecule has 2 nitrogen and oxygen atoms in total. The third kappa shape index (κ3) is 1.85. The monoisotopic (exact) mass is 304 g/mol. The summed E-state index contributed by atoms with van der Waals surface area (Å²) in [5, 5.41) is 10.3. The quantitative estimate of drug-likeness (QED) is 0.728. The Bertz CT molecular complexity index is 486. The maximum atomic E-state index is 12.4. The number of aliphatic hydroxyl groups is 1. The van der Waals surface area contributed by atoms with Gasteiger partial charge in [-0.15, -0.1) is 0 Å². The number of hydrogen-bond donors (Lipinski definition) is 1. The molecule has 0 saturated heterocycles. The van der Waals surface area contributed by atoms with Crippen LogP contribution >= 0.6 is 0 Å². The maximum absolute atomic E-state index is 12.4. The highest BCUT2D eigenvalue weighted by molar-refractivity contribution is 5.87. The summed E-state index contributed by atoms with van der Waals surface area (Å²) < 4.78 is 0. The van der Waals surface area contributed by atoms with Gasteiger partial charge in [-0.3, -0.25) is 4.79 Å². The Hall–Kier alpha value is -0.370. The van der Waals surface area contributed by atoms with E-state index < -0.39 is 0 Å². The van der Waals surface area contributed by atoms with Crippen molar-refractivity contribution in [2.24, 2.45) is 40.4 Å². The zero-order chi connectivity index (χ0) is 15.7. The van der Waals surface area contributed by atoms with Gasteiger partial charge in [0.15, 0.2) is 0 Å². The molecule has 0 aromatic carbocycles. The summed E-state index contributed by atoms with van der Waals surface area (Å²) in [6.45, 7) is 7.03. The molecule has 0 heterocycles. The molecule has 0 unspecified atom stereocenters. The molecule has 0 aromatic rings. The van der Waals surface area contributed by atoms with Crippen LogP contribution in [0.4, 0.5) is 0 Å². The third-order valence-corrected chi connectivity index (χ3v) is 8.72. The summed E-state index contributed by atoms with van der Waals surface area (Å²) in [6.07, 6.45) is 9.06. The van der Waals surface area contributed by atoms with E-state index in [2.05, 4.69) is 20.8 Å². The molecule has 0 spiro atoms. The van der Waals surface area contributed by atoms with Crippen LogP contribution in [0.3, 0.4) is 0 Å². The Labute approximate surface area is 135 Å². The van der Waals surface area contributed by atoms with Crippen LogP contribution in [0.15, 0.2) is 0 Å². The number of rotatable bonds is 0. The predicted molar refractivity (Wildman–Crippen MR) is 87.3 cm³/mol. The maximum Gasteiger partial charge on any atom is 0.139 e. The lowest BCUT2D eigenvalue weighted by Gasteiger charge is -2.61. The van der Waals surface area contributed by atoms with Crippen molar-refractivity contribution in [1.29, 1.82) is 0 Å². The lowest BCUT2D eigenvalue weighted by Crippen LogP contribution is -2.55. The van der Waals surface area contributed by atoms with Crippen molar-refractivity contribution < 1.29 is 9.90 Å². The van der Waals surface area contributed by atoms with Crippen LogP contribution in [0, 0.1) is 40.4 Å². The molecule has 0 radical (unpaired) electrons. The standard InChI is InChI=1S/C20H32O2/c1-12-11-20(3)13(10-17(12)21)4-5-14-15-6-7-18(22)19(15,2)9-8-16(14)20/h12-17,21H,4-11H2,1-3H3/t12-,13-,14-,15-,16-,17-,19-,20-/m0/s1. The highest BCUT2D eigenvalue weighted by Gasteiger charge is 2.60. The first-order valence-corrected chi connectivity index (χ1v) is 9.57. The van der Waals surface area contributed by atoms with Gasteiger partial charge in [0, 0.05) is 11.8 Å². The van der Waals surface area contributed by atoms with Gasteiger partial charge in [-0.25, -0.2) is 0 Å². The Balaban J connectivity index is 1.65. The van der Waals surface area contributed by atoms with Gasteiger partial charge in [-0.05, 0) is 80.0 Å². The van der Waals surface area contributed by atoms with E-state index in [1.165, 1.54) is 25.7 Å². The van der Waals surface area contributed by atoms with Crippen molar-refractivity contribution in [3.8, 4) is 0 Å². The number of aliphatic hydroxyl groups excluding tert-OH is 1. The summed E-state index contributed by atoms with van der Waals surface area (Å²) in [5.74, 6) is 3.92. The molecule has 2 heteroatoms. The first-order chi connectivity index (χ1) is 10.4. The minimum atomic E-state index is -0.0865. The van der Waals surface area contributed by atoms with Crippen LogP contribution < -0.4 is 0 Å². The number of fused-ring (bicyclic) bond motifs is 5. The van der Waals surface area contributed by atoms with Gasteiger partial charge in [-0.2, -0.15) is 0 Å². The fraction of sp³-hybridized carbons (Fsp3) is 0.950. The van der Waals surface area contributed by atoms with Crippen molar-refractivity contribution in [1.82, 2.24) is 0 Å². The van der Waals surface area contributed by atoms with Crippen LogP contribution in [-0.4, -0.2) is 17.0 Å². The minimum Gasteiger partial charge on any atom is -0.393 e. The summed E-state index contributed by atoms with van der Waals surface area (Å²) >= 11 is 0. The molecule has 0 amide bonds. The molecule has 1 N–H and O–H groups in total. The molecule has 4 aliphatic rings. The topological polar surface area (TPSA) is 37.3 Å². The second kappa shape index (κ2) is 4.82. The number of carbonyl (C=O) groups is 1.